The number of nitrogens with two attached hydrogens (primary N) is 5. The van der Waals surface area contributed by atoms with Crippen molar-refractivity contribution >= 4 is 99.3 Å². The number of hydrogen-bond acceptors (Lipinski definition) is 12. The zero-order chi connectivity index (χ0) is 40.2. The number of halogens is 1. The first kappa shape index (κ1) is 47.8. The fourth-order valence-electron chi connectivity index (χ4n) is 2.69. The van der Waals surface area contributed by atoms with E-state index in [1.54, 1.807) is 30.3 Å². The maximum Gasteiger partial charge on any atom is 0.279 e. The summed E-state index contributed by atoms with van der Waals surface area (Å²) in [6, 6.07) is 13.8. The second kappa shape index (κ2) is 27.5. The zero-order valence-electron chi connectivity index (χ0n) is 27.1. The van der Waals surface area contributed by atoms with Crippen LogP contribution >= 0.6 is 40.4 Å². The Kier molecular flexibility index (Phi) is 25.3. The molecule has 0 bridgehead atoms. The highest BCUT2D eigenvalue weighted by Crippen LogP contribution is 2.20. The number of carbonyl (C=O) groups excluding carboxylic acids is 5. The highest BCUT2D eigenvalue weighted by atomic mass is 79.9. The molecular formula is C32H37BrN9O8S2+. The topological polar surface area (TPSA) is 340 Å². The predicted molar refractivity (Wildman–Crippen MR) is 209 cm³/mol. The number of aldehydes is 2. The SMILES string of the molecule is C=CC(N)=O.NC(=O)/C=C/c1ccc(O)c(/C=N/NC(N)=S)c1.NC(=O)/C=C/c1ccc(O)c(C=O)c1.NNC([NH3+])=S.O=Cc1cc(Br)ccc1O. The first-order valence-corrected chi connectivity index (χ1v) is 15.3. The Labute approximate surface area is 316 Å². The predicted octanol–water partition coefficient (Wildman–Crippen LogP) is 0.362. The summed E-state index contributed by atoms with van der Waals surface area (Å²) >= 11 is 12.1. The van der Waals surface area contributed by atoms with Gasteiger partial charge in [0, 0.05) is 34.4 Å². The standard InChI is InChI=1S/C11H12N4O2S.C10H9NO3.C7H5BrO2.C3H5NO.CH5N3S/c12-10(17)4-2-7-1-3-9(16)8(5-7)6-14-15-11(13)18;11-10(14)4-2-7-1-3-9(13)8(5-7)6-12;8-6-1-2-7(10)5(3-6)4-9;1-2-3(4)5;2-1(5)4-3/h1-6,16H,(H2,12,17)(H3,13,15,18);1-6,13H,(H2,11,14);1-4,10H;2H,1H2,(H2,4,5);3H2,(H3,2,4,5)/p+1/b4-2+,14-6+;4-2+;;;. The fraction of sp³-hybridized carbons (Fsp3) is 0. The van der Waals surface area contributed by atoms with Crippen LogP contribution in [0.5, 0.6) is 17.2 Å². The summed E-state index contributed by atoms with van der Waals surface area (Å²) in [6.07, 6.45) is 8.96. The molecule has 0 spiro atoms. The monoisotopic (exact) mass is 818 g/mol. The molecule has 18 N–H and O–H groups in total. The van der Waals surface area contributed by atoms with Gasteiger partial charge in [-0.05, 0) is 84.0 Å². The van der Waals surface area contributed by atoms with E-state index >= 15 is 0 Å². The first-order chi connectivity index (χ1) is 24.4. The van der Waals surface area contributed by atoms with Crippen LogP contribution in [0.25, 0.3) is 12.2 Å². The maximum atomic E-state index is 10.6. The van der Waals surface area contributed by atoms with Crippen molar-refractivity contribution in [2.75, 3.05) is 0 Å². The van der Waals surface area contributed by atoms with Gasteiger partial charge in [0.1, 0.15) is 17.2 Å². The summed E-state index contributed by atoms with van der Waals surface area (Å²) in [7, 11) is 0. The molecule has 0 saturated heterocycles. The molecule has 17 nitrogen and oxygen atoms in total. The molecule has 20 heteroatoms. The zero-order valence-corrected chi connectivity index (χ0v) is 30.4. The third-order valence-corrected chi connectivity index (χ3v) is 5.67. The van der Waals surface area contributed by atoms with Gasteiger partial charge in [-0.15, -0.1) is 0 Å². The van der Waals surface area contributed by atoms with Crippen LogP contribution < -0.4 is 45.4 Å². The number of aromatic hydroxyl groups is 3. The van der Waals surface area contributed by atoms with Gasteiger partial charge in [0.05, 0.1) is 17.3 Å². The Morgan fingerprint density at radius 3 is 1.48 bits per heavy atom. The number of nitrogens with one attached hydrogen (secondary N) is 2. The van der Waals surface area contributed by atoms with E-state index in [0.29, 0.717) is 39.9 Å². The van der Waals surface area contributed by atoms with Crippen molar-refractivity contribution in [3.63, 3.8) is 0 Å². The van der Waals surface area contributed by atoms with Gasteiger partial charge in [-0.25, -0.2) is 5.84 Å². The van der Waals surface area contributed by atoms with Crippen molar-refractivity contribution in [3.8, 4) is 17.2 Å². The van der Waals surface area contributed by atoms with Crippen molar-refractivity contribution in [1.82, 2.24) is 10.9 Å². The number of hydrogen-bond donors (Lipinski definition) is 11. The molecule has 0 unspecified atom stereocenters. The van der Waals surface area contributed by atoms with Crippen LogP contribution in [-0.2, 0) is 14.4 Å². The number of phenols is 3. The quantitative estimate of drug-likeness (QED) is 0.0347. The second-order valence-corrected chi connectivity index (χ2v) is 10.8. The van der Waals surface area contributed by atoms with Crippen molar-refractivity contribution in [1.29, 1.82) is 0 Å². The smallest absolute Gasteiger partial charge is 0.279 e. The Bertz CT molecular complexity index is 1820. The molecule has 0 aliphatic heterocycles. The highest BCUT2D eigenvalue weighted by molar-refractivity contribution is 9.10. The van der Waals surface area contributed by atoms with Gasteiger partial charge in [0.25, 0.3) is 5.11 Å². The Morgan fingerprint density at radius 2 is 1.13 bits per heavy atom. The van der Waals surface area contributed by atoms with E-state index in [4.69, 9.17) is 33.3 Å². The van der Waals surface area contributed by atoms with E-state index in [-0.39, 0.29) is 27.9 Å². The molecule has 3 aromatic rings. The lowest BCUT2D eigenvalue weighted by atomic mass is 10.1. The van der Waals surface area contributed by atoms with E-state index in [0.717, 1.165) is 10.5 Å². The minimum absolute atomic E-state index is 0.0122. The maximum absolute atomic E-state index is 10.6. The van der Waals surface area contributed by atoms with Gasteiger partial charge in [-0.1, -0.05) is 34.6 Å². The summed E-state index contributed by atoms with van der Waals surface area (Å²) in [4.78, 5) is 51.1. The number of hydrazine groups is 1. The number of primary amides is 3. The molecular weight excluding hydrogens is 782 g/mol. The number of thiocarbonyl (C=S) groups is 2. The number of nitrogens with zero attached hydrogens (tertiary/aromatic N) is 1. The van der Waals surface area contributed by atoms with E-state index in [2.05, 4.69) is 74.4 Å². The van der Waals surface area contributed by atoms with Crippen molar-refractivity contribution in [2.24, 2.45) is 33.9 Å². The second-order valence-electron chi connectivity index (χ2n) is 8.96. The molecule has 0 atom stereocenters. The van der Waals surface area contributed by atoms with Gasteiger partial charge in [-0.2, -0.15) is 5.10 Å². The molecule has 0 saturated carbocycles. The van der Waals surface area contributed by atoms with Crippen LogP contribution in [0.4, 0.5) is 0 Å². The molecule has 3 aromatic carbocycles. The van der Waals surface area contributed by atoms with Gasteiger partial charge in [-0.3, -0.25) is 40.6 Å². The van der Waals surface area contributed by atoms with Crippen LogP contribution in [0.2, 0.25) is 0 Å². The Balaban J connectivity index is 0. The first-order valence-electron chi connectivity index (χ1n) is 13.7. The molecule has 276 valence electrons. The van der Waals surface area contributed by atoms with Crippen LogP contribution in [-0.4, -0.2) is 62.1 Å². The Hall–Kier alpha value is -6.32. The van der Waals surface area contributed by atoms with Gasteiger partial charge in [0.15, 0.2) is 17.7 Å². The molecule has 0 fully saturated rings. The normalized spacial score (nSPS) is 9.60. The molecule has 52 heavy (non-hydrogen) atoms. The van der Waals surface area contributed by atoms with Gasteiger partial charge in [0.2, 0.25) is 17.7 Å². The highest BCUT2D eigenvalue weighted by Gasteiger charge is 2.01. The third-order valence-electron chi connectivity index (χ3n) is 4.97. The molecule has 3 rings (SSSR count). The number of rotatable bonds is 9. The minimum Gasteiger partial charge on any atom is -0.507 e. The lowest BCUT2D eigenvalue weighted by molar-refractivity contribution is -0.215. The van der Waals surface area contributed by atoms with Crippen molar-refractivity contribution in [2.45, 2.75) is 0 Å². The van der Waals surface area contributed by atoms with E-state index < -0.39 is 17.7 Å². The van der Waals surface area contributed by atoms with E-state index in [1.807, 2.05) is 0 Å². The average Bonchev–Trinajstić information content (AvgIpc) is 3.09. The number of phenolic OH excluding ortho intramolecular Hbond substituents is 3. The number of quaternary nitrogens is 1. The van der Waals surface area contributed by atoms with Crippen LogP contribution in [0.3, 0.4) is 0 Å². The Morgan fingerprint density at radius 1 is 0.750 bits per heavy atom. The molecule has 0 radical (unpaired) electrons. The van der Waals surface area contributed by atoms with E-state index in [1.165, 1.54) is 54.8 Å². The molecule has 0 aliphatic rings. The van der Waals surface area contributed by atoms with Crippen LogP contribution in [0.15, 0.2) is 89.0 Å². The van der Waals surface area contributed by atoms with Gasteiger partial charge < -0.3 is 38.3 Å². The van der Waals surface area contributed by atoms with Gasteiger partial charge >= 0.3 is 0 Å². The summed E-state index contributed by atoms with van der Waals surface area (Å²) in [5.74, 6) is 3.09. The molecule has 0 heterocycles. The van der Waals surface area contributed by atoms with Crippen molar-refractivity contribution < 1.29 is 45.0 Å². The number of hydrazone groups is 1. The summed E-state index contributed by atoms with van der Waals surface area (Å²) in [6.45, 7) is 3.09. The summed E-state index contributed by atoms with van der Waals surface area (Å²) in [5.41, 5.74) is 29.6. The lowest BCUT2D eigenvalue weighted by Crippen LogP contribution is -2.64. The molecule has 0 aromatic heterocycles. The largest absolute Gasteiger partial charge is 0.507 e. The summed E-state index contributed by atoms with van der Waals surface area (Å²) < 4.78 is 0.785. The van der Waals surface area contributed by atoms with Crippen molar-refractivity contribution in [3.05, 3.63) is 112 Å². The lowest BCUT2D eigenvalue weighted by Gasteiger charge is -2.01. The number of benzene rings is 3. The third kappa shape index (κ3) is 24.8. The number of amides is 3. The van der Waals surface area contributed by atoms with E-state index in [9.17, 15) is 29.1 Å². The molecule has 0 aliphatic carbocycles. The average molecular weight is 820 g/mol. The minimum atomic E-state index is -0.564. The molecule has 3 amide bonds. The summed E-state index contributed by atoms with van der Waals surface area (Å²) in [5, 5.41) is 31.8. The number of carbonyl (C=O) groups is 5. The van der Waals surface area contributed by atoms with Crippen LogP contribution in [0.1, 0.15) is 37.4 Å². The fourth-order valence-corrected chi connectivity index (χ4v) is 3.12. The van der Waals surface area contributed by atoms with Crippen LogP contribution in [0, 0.1) is 0 Å².